The molecule has 6 aliphatic rings. The first kappa shape index (κ1) is 16.6. The first-order valence-electron chi connectivity index (χ1n) is 7.54. The van der Waals surface area contributed by atoms with Gasteiger partial charge in [-0.25, -0.2) is 0 Å². The van der Waals surface area contributed by atoms with E-state index in [2.05, 4.69) is 36.5 Å². The van der Waals surface area contributed by atoms with Crippen molar-refractivity contribution in [3.05, 3.63) is 94.2 Å². The van der Waals surface area contributed by atoms with E-state index in [0.717, 1.165) is 24.0 Å². The molecule has 0 aliphatic heterocycles. The van der Waals surface area contributed by atoms with Gasteiger partial charge in [-0.05, 0) is 11.8 Å². The summed E-state index contributed by atoms with van der Waals surface area (Å²) in [5.41, 5.74) is 9.66. The van der Waals surface area contributed by atoms with Crippen LogP contribution >= 0.6 is 0 Å². The standard InChI is InChI=1S/C21H12.2Y/c1-11-7-13-3-5-16-10-18-12(2)8-14-4-6-15-9-17(11)21(18,19(13)16)20(14)15;;/h1-6,19-20H,7-8H2;;/q-4;;. The summed E-state index contributed by atoms with van der Waals surface area (Å²) in [5.74, 6) is 0.775. The van der Waals surface area contributed by atoms with Crippen LogP contribution in [0.15, 0.2) is 68.9 Å². The van der Waals surface area contributed by atoms with Crippen LogP contribution < -0.4 is 0 Å². The van der Waals surface area contributed by atoms with Crippen molar-refractivity contribution in [2.24, 2.45) is 17.3 Å². The Bertz CT molecular complexity index is 809. The second-order valence-electron chi connectivity index (χ2n) is 6.87. The Morgan fingerprint density at radius 1 is 0.783 bits per heavy atom. The van der Waals surface area contributed by atoms with E-state index in [4.69, 9.17) is 13.2 Å². The maximum absolute atomic E-state index is 6.45. The molecule has 2 heteroatoms. The van der Waals surface area contributed by atoms with Crippen molar-refractivity contribution in [3.8, 4) is 0 Å². The molecule has 6 rings (SSSR count). The van der Waals surface area contributed by atoms with E-state index in [1.54, 1.807) is 0 Å². The quantitative estimate of drug-likeness (QED) is 0.499. The van der Waals surface area contributed by atoms with Crippen molar-refractivity contribution < 1.29 is 65.4 Å². The van der Waals surface area contributed by atoms with Crippen LogP contribution in [0.2, 0.25) is 0 Å². The van der Waals surface area contributed by atoms with Crippen LogP contribution in [0.5, 0.6) is 0 Å². The van der Waals surface area contributed by atoms with Crippen LogP contribution in [0.25, 0.3) is 0 Å². The molecule has 0 N–H and O–H groups in total. The summed E-state index contributed by atoms with van der Waals surface area (Å²) >= 11 is 0. The van der Waals surface area contributed by atoms with Gasteiger partial charge < -0.3 is 35.5 Å². The fourth-order valence-electron chi connectivity index (χ4n) is 5.48. The van der Waals surface area contributed by atoms with Crippen LogP contribution in [0.4, 0.5) is 0 Å². The van der Waals surface area contributed by atoms with Gasteiger partial charge in [0.15, 0.2) is 0 Å². The largest absolute Gasteiger partial charge is 0.357 e. The molecule has 0 bridgehead atoms. The van der Waals surface area contributed by atoms with Crippen molar-refractivity contribution in [1.82, 2.24) is 0 Å². The van der Waals surface area contributed by atoms with Gasteiger partial charge in [-0.3, -0.25) is 12.2 Å². The van der Waals surface area contributed by atoms with Crippen molar-refractivity contribution in [3.63, 3.8) is 0 Å². The molecule has 0 aromatic heterocycles. The molecule has 0 aromatic rings. The minimum atomic E-state index is -0.118. The smallest absolute Gasteiger partial charge is 0 e. The van der Waals surface area contributed by atoms with Gasteiger partial charge in [0.2, 0.25) is 0 Å². The SMILES string of the molecule is [CH-]=C1CC2=CC=C3[C-]=C4C(=[CH-])CC5=CC=C6[C-]=C1C4(C65)C32.[Y].[Y]. The monoisotopic (exact) mass is 442 g/mol. The van der Waals surface area contributed by atoms with E-state index < -0.39 is 0 Å². The Hall–Kier alpha value is 0.128. The molecular formula is C21H12Y2-4. The van der Waals surface area contributed by atoms with Gasteiger partial charge in [0.05, 0.1) is 0 Å². The fraction of sp³-hybridized carbons (Fsp3) is 0.238. The van der Waals surface area contributed by atoms with Gasteiger partial charge in [-0.2, -0.15) is 23.3 Å². The Kier molecular flexibility index (Phi) is 3.66. The molecular weight excluding hydrogens is 430 g/mol. The van der Waals surface area contributed by atoms with Crippen molar-refractivity contribution in [1.29, 1.82) is 0 Å². The Labute approximate surface area is 187 Å². The molecule has 1 spiro atoms. The van der Waals surface area contributed by atoms with E-state index in [-0.39, 0.29) is 70.8 Å². The van der Waals surface area contributed by atoms with Gasteiger partial charge in [-0.1, -0.05) is 24.0 Å². The number of hydrogen-bond donors (Lipinski definition) is 0. The zero-order valence-electron chi connectivity index (χ0n) is 12.7. The third-order valence-electron chi connectivity index (χ3n) is 6.03. The maximum Gasteiger partial charge on any atom is 0 e. The van der Waals surface area contributed by atoms with E-state index in [1.807, 2.05) is 0 Å². The molecule has 2 fully saturated rings. The Balaban J connectivity index is 0.000000676. The number of allylic oxidation sites excluding steroid dienone is 14. The summed E-state index contributed by atoms with van der Waals surface area (Å²) in [7, 11) is 0. The van der Waals surface area contributed by atoms with Crippen LogP contribution in [0.1, 0.15) is 12.8 Å². The molecule has 0 heterocycles. The van der Waals surface area contributed by atoms with Crippen molar-refractivity contribution in [2.75, 3.05) is 0 Å². The summed E-state index contributed by atoms with van der Waals surface area (Å²) < 4.78 is 0. The summed E-state index contributed by atoms with van der Waals surface area (Å²) in [6.45, 7) is 12.9. The maximum atomic E-state index is 6.45. The van der Waals surface area contributed by atoms with Crippen LogP contribution in [0, 0.1) is 42.6 Å². The summed E-state index contributed by atoms with van der Waals surface area (Å²) in [6, 6.07) is 0. The molecule has 2 atom stereocenters. The minimum Gasteiger partial charge on any atom is -0.357 e. The zero-order chi connectivity index (χ0) is 13.9. The molecule has 0 saturated heterocycles. The van der Waals surface area contributed by atoms with E-state index >= 15 is 0 Å². The third-order valence-corrected chi connectivity index (χ3v) is 6.03. The molecule has 0 aromatic carbocycles. The number of rotatable bonds is 0. The number of hydrogen-bond acceptors (Lipinski definition) is 0. The predicted octanol–water partition coefficient (Wildman–Crippen LogP) is 3.95. The molecule has 0 nitrogen and oxygen atoms in total. The van der Waals surface area contributed by atoms with Crippen molar-refractivity contribution >= 4 is 0 Å². The van der Waals surface area contributed by atoms with E-state index in [9.17, 15) is 0 Å². The van der Waals surface area contributed by atoms with E-state index in [1.165, 1.54) is 33.4 Å². The molecule has 6 aliphatic carbocycles. The normalized spacial score (nSPS) is 36.7. The first-order valence-corrected chi connectivity index (χ1v) is 7.54. The average Bonchev–Trinajstić information content (AvgIpc) is 3.15. The van der Waals surface area contributed by atoms with Gasteiger partial charge in [0.1, 0.15) is 0 Å². The molecule has 2 saturated carbocycles. The van der Waals surface area contributed by atoms with Crippen LogP contribution in [-0.4, -0.2) is 0 Å². The molecule has 106 valence electrons. The first-order chi connectivity index (χ1) is 10.2. The van der Waals surface area contributed by atoms with Gasteiger partial charge >= 0.3 is 0 Å². The molecule has 2 unspecified atom stereocenters. The summed E-state index contributed by atoms with van der Waals surface area (Å²) in [5, 5.41) is 0. The molecule has 23 heavy (non-hydrogen) atoms. The van der Waals surface area contributed by atoms with Crippen LogP contribution in [-0.2, 0) is 65.4 Å². The molecule has 2 radical (unpaired) electrons. The second kappa shape index (κ2) is 5.07. The summed E-state index contributed by atoms with van der Waals surface area (Å²) in [4.78, 5) is 0. The molecule has 0 amide bonds. The van der Waals surface area contributed by atoms with Crippen molar-refractivity contribution in [2.45, 2.75) is 12.8 Å². The van der Waals surface area contributed by atoms with Crippen LogP contribution in [0.3, 0.4) is 0 Å². The zero-order valence-corrected chi connectivity index (χ0v) is 18.4. The topological polar surface area (TPSA) is 0 Å². The summed E-state index contributed by atoms with van der Waals surface area (Å²) in [6.07, 6.45) is 17.9. The van der Waals surface area contributed by atoms with Gasteiger partial charge in [0.25, 0.3) is 0 Å². The predicted molar refractivity (Wildman–Crippen MR) is 80.1 cm³/mol. The third kappa shape index (κ3) is 1.63. The second-order valence-corrected chi connectivity index (χ2v) is 6.87. The van der Waals surface area contributed by atoms with Gasteiger partial charge in [0, 0.05) is 65.4 Å². The minimum absolute atomic E-state index is 0. The fourth-order valence-corrected chi connectivity index (χ4v) is 5.48. The average molecular weight is 442 g/mol. The van der Waals surface area contributed by atoms with Gasteiger partial charge in [-0.15, -0.1) is 17.6 Å². The Morgan fingerprint density at radius 3 is 1.65 bits per heavy atom. The van der Waals surface area contributed by atoms with E-state index in [0.29, 0.717) is 11.8 Å². The Morgan fingerprint density at radius 2 is 1.22 bits per heavy atom.